The lowest BCUT2D eigenvalue weighted by Crippen LogP contribution is -2.45. The Morgan fingerprint density at radius 2 is 1.92 bits per heavy atom. The molecule has 2 aromatic rings. The highest BCUT2D eigenvalue weighted by atomic mass is 32.2. The average molecular weight is 513 g/mol. The molecule has 1 amide bonds. The minimum atomic E-state index is -3.79. The highest BCUT2D eigenvalue weighted by molar-refractivity contribution is 7.89. The second kappa shape index (κ2) is 11.1. The van der Waals surface area contributed by atoms with Gasteiger partial charge in [0.15, 0.2) is 0 Å². The van der Waals surface area contributed by atoms with Gasteiger partial charge in [-0.05, 0) is 49.3 Å². The zero-order valence-corrected chi connectivity index (χ0v) is 21.4. The number of ether oxygens (including phenoxy) is 1. The number of nitrogens with zero attached hydrogens (tertiary/aromatic N) is 1. The maximum Gasteiger partial charge on any atom is 0.222 e. The summed E-state index contributed by atoms with van der Waals surface area (Å²) in [4.78, 5) is 11.9. The maximum absolute atomic E-state index is 15.5. The minimum absolute atomic E-state index is 0.0541. The number of sulfonamides is 1. The van der Waals surface area contributed by atoms with Crippen LogP contribution in [0.5, 0.6) is 0 Å². The van der Waals surface area contributed by atoms with Crippen molar-refractivity contribution in [2.75, 3.05) is 20.3 Å². The fourth-order valence-electron chi connectivity index (χ4n) is 5.41. The summed E-state index contributed by atoms with van der Waals surface area (Å²) in [5, 5.41) is 1.94. The van der Waals surface area contributed by atoms with Gasteiger partial charge in [0, 0.05) is 44.2 Å². The number of rotatable bonds is 7. The molecule has 36 heavy (non-hydrogen) atoms. The number of terminal acetylenes is 1. The van der Waals surface area contributed by atoms with E-state index < -0.39 is 27.1 Å². The molecule has 0 bridgehead atoms. The molecule has 2 aliphatic rings. The molecule has 4 rings (SSSR count). The number of amides is 1. The predicted molar refractivity (Wildman–Crippen MR) is 137 cm³/mol. The van der Waals surface area contributed by atoms with Gasteiger partial charge < -0.3 is 10.1 Å². The molecule has 0 aromatic heterocycles. The van der Waals surface area contributed by atoms with Crippen LogP contribution in [0.2, 0.25) is 0 Å². The first-order valence-electron chi connectivity index (χ1n) is 12.4. The number of carbonyl (C=O) groups is 1. The summed E-state index contributed by atoms with van der Waals surface area (Å²) >= 11 is 0. The Morgan fingerprint density at radius 1 is 1.19 bits per heavy atom. The van der Waals surface area contributed by atoms with Crippen molar-refractivity contribution in [3.05, 3.63) is 71.0 Å². The van der Waals surface area contributed by atoms with Crippen LogP contribution in [-0.4, -0.2) is 44.9 Å². The van der Waals surface area contributed by atoms with Crippen molar-refractivity contribution in [1.82, 2.24) is 9.62 Å². The monoisotopic (exact) mass is 512 g/mol. The molecule has 0 saturated carbocycles. The molecule has 0 unspecified atom stereocenters. The molecular weight excluding hydrogens is 479 g/mol. The van der Waals surface area contributed by atoms with Gasteiger partial charge in [-0.2, -0.15) is 4.31 Å². The van der Waals surface area contributed by atoms with Crippen LogP contribution in [-0.2, 0) is 31.5 Å². The lowest BCUT2D eigenvalue weighted by Gasteiger charge is -2.38. The summed E-state index contributed by atoms with van der Waals surface area (Å²) in [7, 11) is -2.19. The molecule has 2 aliphatic heterocycles. The van der Waals surface area contributed by atoms with Crippen molar-refractivity contribution in [3.63, 3.8) is 0 Å². The largest absolute Gasteiger partial charge is 0.381 e. The van der Waals surface area contributed by atoms with E-state index in [1.54, 1.807) is 25.2 Å². The third kappa shape index (κ3) is 5.34. The molecule has 1 N–H and O–H groups in total. The van der Waals surface area contributed by atoms with E-state index in [2.05, 4.69) is 11.2 Å². The van der Waals surface area contributed by atoms with Gasteiger partial charge in [-0.25, -0.2) is 12.8 Å². The van der Waals surface area contributed by atoms with Gasteiger partial charge >= 0.3 is 0 Å². The summed E-state index contributed by atoms with van der Waals surface area (Å²) in [6, 6.07) is 13.5. The van der Waals surface area contributed by atoms with Crippen LogP contribution in [0, 0.1) is 18.2 Å². The smallest absolute Gasteiger partial charge is 0.222 e. The lowest BCUT2D eigenvalue weighted by atomic mass is 9.71. The molecule has 8 heteroatoms. The Morgan fingerprint density at radius 3 is 2.56 bits per heavy atom. The first-order chi connectivity index (χ1) is 17.3. The second-order valence-electron chi connectivity index (χ2n) is 9.62. The Kier molecular flexibility index (Phi) is 8.13. The van der Waals surface area contributed by atoms with E-state index in [1.807, 2.05) is 24.3 Å². The molecule has 0 spiro atoms. The van der Waals surface area contributed by atoms with E-state index in [1.165, 1.54) is 10.4 Å². The Bertz CT molecular complexity index is 1220. The number of hydrogen-bond donors (Lipinski definition) is 1. The van der Waals surface area contributed by atoms with Crippen LogP contribution < -0.4 is 5.32 Å². The summed E-state index contributed by atoms with van der Waals surface area (Å²) in [6.45, 7) is 0.975. The van der Waals surface area contributed by atoms with Crippen molar-refractivity contribution in [2.45, 2.75) is 61.8 Å². The first kappa shape index (κ1) is 26.3. The van der Waals surface area contributed by atoms with E-state index in [4.69, 9.17) is 11.2 Å². The molecule has 0 radical (unpaired) electrons. The highest BCUT2D eigenvalue weighted by Gasteiger charge is 2.42. The Labute approximate surface area is 213 Å². The van der Waals surface area contributed by atoms with Gasteiger partial charge in [-0.1, -0.05) is 48.4 Å². The number of benzene rings is 2. The van der Waals surface area contributed by atoms with Crippen molar-refractivity contribution in [2.24, 2.45) is 0 Å². The first-order valence-corrected chi connectivity index (χ1v) is 13.9. The van der Waals surface area contributed by atoms with Gasteiger partial charge in [0.05, 0.1) is 6.04 Å². The van der Waals surface area contributed by atoms with Gasteiger partial charge in [0.1, 0.15) is 11.1 Å². The summed E-state index contributed by atoms with van der Waals surface area (Å²) < 4.78 is 49.5. The highest BCUT2D eigenvalue weighted by Crippen LogP contribution is 2.41. The normalized spacial score (nSPS) is 23.5. The van der Waals surface area contributed by atoms with Crippen molar-refractivity contribution in [3.8, 4) is 12.3 Å². The molecule has 2 heterocycles. The van der Waals surface area contributed by atoms with Gasteiger partial charge in [0.2, 0.25) is 15.9 Å². The minimum Gasteiger partial charge on any atom is -0.381 e. The fourth-order valence-corrected chi connectivity index (χ4v) is 7.51. The Balaban J connectivity index is 1.61. The van der Waals surface area contributed by atoms with Crippen LogP contribution >= 0.6 is 0 Å². The maximum atomic E-state index is 15.5. The van der Waals surface area contributed by atoms with Gasteiger partial charge in [-0.3, -0.25) is 4.79 Å². The number of halogens is 1. The summed E-state index contributed by atoms with van der Waals surface area (Å²) in [5.41, 5.74) is 1.45. The van der Waals surface area contributed by atoms with E-state index in [-0.39, 0.29) is 23.4 Å². The number of carbonyl (C=O) groups excluding carboxylic acids is 1. The van der Waals surface area contributed by atoms with Crippen LogP contribution in [0.15, 0.2) is 48.5 Å². The van der Waals surface area contributed by atoms with E-state index in [0.29, 0.717) is 57.3 Å². The molecule has 2 atom stereocenters. The van der Waals surface area contributed by atoms with Crippen LogP contribution in [0.3, 0.4) is 0 Å². The predicted octanol–water partition coefficient (Wildman–Crippen LogP) is 4.07. The zero-order chi connectivity index (χ0) is 25.8. The van der Waals surface area contributed by atoms with Gasteiger partial charge in [0.25, 0.3) is 0 Å². The van der Waals surface area contributed by atoms with Gasteiger partial charge in [-0.15, -0.1) is 6.42 Å². The third-order valence-corrected chi connectivity index (χ3v) is 9.92. The number of nitrogens with one attached hydrogen (secondary N) is 1. The third-order valence-electron chi connectivity index (χ3n) is 7.65. The molecule has 6 nitrogen and oxygen atoms in total. The summed E-state index contributed by atoms with van der Waals surface area (Å²) in [5.74, 6) is 2.08. The van der Waals surface area contributed by atoms with Crippen LogP contribution in [0.25, 0.3) is 0 Å². The summed E-state index contributed by atoms with van der Waals surface area (Å²) in [6.07, 6.45) is 8.97. The van der Waals surface area contributed by atoms with Crippen molar-refractivity contribution < 1.29 is 22.3 Å². The SMILES string of the molecule is C#C[C@H]1CC[C@H](c2ccccc2)S(=O)(=O)N1Cc1ccc(C2(CCC(=O)NC)CCOCC2)cc1F. The molecule has 2 fully saturated rings. The molecule has 2 saturated heterocycles. The van der Waals surface area contributed by atoms with Crippen molar-refractivity contribution >= 4 is 15.9 Å². The second-order valence-corrected chi connectivity index (χ2v) is 11.7. The van der Waals surface area contributed by atoms with E-state index in [9.17, 15) is 13.2 Å². The topological polar surface area (TPSA) is 75.7 Å². The van der Waals surface area contributed by atoms with E-state index >= 15 is 4.39 Å². The van der Waals surface area contributed by atoms with Crippen molar-refractivity contribution in [1.29, 1.82) is 0 Å². The molecular formula is C28H33FN2O4S. The lowest BCUT2D eigenvalue weighted by molar-refractivity contribution is -0.121. The van der Waals surface area contributed by atoms with Crippen LogP contribution in [0.4, 0.5) is 4.39 Å². The molecule has 0 aliphatic carbocycles. The molecule has 192 valence electrons. The van der Waals surface area contributed by atoms with Crippen LogP contribution in [0.1, 0.15) is 60.5 Å². The fraction of sp³-hybridized carbons (Fsp3) is 0.464. The number of hydrogen-bond acceptors (Lipinski definition) is 4. The quantitative estimate of drug-likeness (QED) is 0.568. The van der Waals surface area contributed by atoms with E-state index in [0.717, 1.165) is 5.56 Å². The Hall–Kier alpha value is -2.73. The zero-order valence-electron chi connectivity index (χ0n) is 20.6. The standard InChI is InChI=1S/C28H33FN2O4S/c1-3-24-11-12-26(21-7-5-4-6-8-21)36(33,34)31(24)20-22-9-10-23(19-25(22)29)28(14-13-27(32)30-2)15-17-35-18-16-28/h1,4-10,19,24,26H,11-18,20H2,2H3,(H,30,32)/t24-,26+/m0/s1. The molecule has 2 aromatic carbocycles. The average Bonchev–Trinajstić information content (AvgIpc) is 2.90.